The maximum atomic E-state index is 17.0. The number of piperazine rings is 1. The molecule has 5 aliphatic rings. The van der Waals surface area contributed by atoms with Crippen LogP contribution in [-0.4, -0.2) is 84.6 Å². The average Bonchev–Trinajstić information content (AvgIpc) is 3.48. The van der Waals surface area contributed by atoms with Gasteiger partial charge < -0.3 is 24.8 Å². The molecule has 234 valence electrons. The molecule has 1 aromatic heterocycles. The third-order valence-electron chi connectivity index (χ3n) is 10.9. The molecule has 3 aromatic carbocycles. The van der Waals surface area contributed by atoms with Crippen molar-refractivity contribution in [3.8, 4) is 22.9 Å². The van der Waals surface area contributed by atoms with Crippen LogP contribution in [0, 0.1) is 11.2 Å². The van der Waals surface area contributed by atoms with Gasteiger partial charge in [0, 0.05) is 61.2 Å². The first kappa shape index (κ1) is 27.8. The highest BCUT2D eigenvalue weighted by Gasteiger charge is 2.45. The van der Waals surface area contributed by atoms with Crippen molar-refractivity contribution in [1.82, 2.24) is 20.2 Å². The third-order valence-corrected chi connectivity index (χ3v) is 10.9. The first-order valence-electron chi connectivity index (χ1n) is 16.7. The second kappa shape index (κ2) is 10.8. The van der Waals surface area contributed by atoms with E-state index in [4.69, 9.17) is 19.4 Å². The summed E-state index contributed by atoms with van der Waals surface area (Å²) in [5.74, 6) is 0.489. The molecular weight excluding hydrogens is 569 g/mol. The molecule has 3 aliphatic heterocycles. The summed E-state index contributed by atoms with van der Waals surface area (Å²) in [4.78, 5) is 14.5. The van der Waals surface area contributed by atoms with Gasteiger partial charge in [0.05, 0.1) is 19.8 Å². The van der Waals surface area contributed by atoms with Crippen LogP contribution in [0.25, 0.3) is 32.8 Å². The molecule has 0 unspecified atom stereocenters. The fourth-order valence-electron chi connectivity index (χ4n) is 8.34. The molecule has 4 aromatic rings. The van der Waals surface area contributed by atoms with E-state index in [0.29, 0.717) is 35.2 Å². The van der Waals surface area contributed by atoms with E-state index >= 15 is 4.39 Å². The molecule has 1 saturated carbocycles. The van der Waals surface area contributed by atoms with Crippen molar-refractivity contribution in [3.05, 3.63) is 53.3 Å². The van der Waals surface area contributed by atoms with Gasteiger partial charge in [0.1, 0.15) is 17.1 Å². The Balaban J connectivity index is 1.13. The molecule has 0 radical (unpaired) electrons. The van der Waals surface area contributed by atoms with Crippen LogP contribution in [0.3, 0.4) is 0 Å². The number of ether oxygens (including phenoxy) is 2. The Labute approximate surface area is 262 Å². The van der Waals surface area contributed by atoms with E-state index in [1.165, 1.54) is 11.1 Å². The van der Waals surface area contributed by atoms with Crippen LogP contribution in [-0.2, 0) is 17.6 Å². The van der Waals surface area contributed by atoms with Crippen molar-refractivity contribution < 1.29 is 19.0 Å². The zero-order valence-electron chi connectivity index (χ0n) is 25.7. The van der Waals surface area contributed by atoms with E-state index in [2.05, 4.69) is 27.2 Å². The second-order valence-electron chi connectivity index (χ2n) is 14.0. The second-order valence-corrected chi connectivity index (χ2v) is 14.0. The molecule has 2 atom stereocenters. The van der Waals surface area contributed by atoms with Crippen molar-refractivity contribution in [2.45, 2.75) is 57.0 Å². The molecule has 0 amide bonds. The van der Waals surface area contributed by atoms with Crippen LogP contribution in [0.2, 0.25) is 0 Å². The Morgan fingerprint density at radius 1 is 1.00 bits per heavy atom. The molecule has 3 saturated heterocycles. The van der Waals surface area contributed by atoms with Crippen molar-refractivity contribution in [3.63, 3.8) is 0 Å². The number of rotatable bonds is 7. The Morgan fingerprint density at radius 3 is 2.62 bits per heavy atom. The number of phenols is 1. The van der Waals surface area contributed by atoms with E-state index in [9.17, 15) is 5.11 Å². The Bertz CT molecular complexity index is 1790. The van der Waals surface area contributed by atoms with Gasteiger partial charge in [-0.25, -0.2) is 4.39 Å². The number of aryl methyl sites for hydroxylation is 2. The number of benzene rings is 3. The number of aromatic hydroxyl groups is 1. The molecular formula is C36H40FN5O3. The summed E-state index contributed by atoms with van der Waals surface area (Å²) < 4.78 is 28.9. The molecule has 2 bridgehead atoms. The lowest BCUT2D eigenvalue weighted by Crippen LogP contribution is -2.51. The van der Waals surface area contributed by atoms with Gasteiger partial charge >= 0.3 is 6.01 Å². The Hall–Kier alpha value is -3.53. The fraction of sp³-hybridized carbons (Fsp3) is 0.500. The van der Waals surface area contributed by atoms with Crippen LogP contribution >= 0.6 is 0 Å². The first-order chi connectivity index (χ1) is 22.0. The monoisotopic (exact) mass is 609 g/mol. The van der Waals surface area contributed by atoms with E-state index in [1.807, 2.05) is 12.1 Å². The van der Waals surface area contributed by atoms with Crippen LogP contribution < -0.4 is 15.0 Å². The fourth-order valence-corrected chi connectivity index (χ4v) is 8.34. The lowest BCUT2D eigenvalue weighted by molar-refractivity contribution is 0.0231. The third kappa shape index (κ3) is 5.00. The number of anilines is 1. The van der Waals surface area contributed by atoms with Crippen molar-refractivity contribution in [2.24, 2.45) is 5.41 Å². The smallest absolute Gasteiger partial charge is 0.319 e. The van der Waals surface area contributed by atoms with Gasteiger partial charge in [-0.2, -0.15) is 9.97 Å². The molecule has 9 heteroatoms. The largest absolute Gasteiger partial charge is 0.508 e. The maximum Gasteiger partial charge on any atom is 0.319 e. The number of morpholine rings is 1. The number of hydrogen-bond donors (Lipinski definition) is 2. The van der Waals surface area contributed by atoms with Gasteiger partial charge in [0.15, 0.2) is 5.82 Å². The number of halogens is 1. The highest BCUT2D eigenvalue weighted by Crippen LogP contribution is 2.47. The lowest BCUT2D eigenvalue weighted by atomic mass is 9.91. The quantitative estimate of drug-likeness (QED) is 0.296. The number of phenolic OH excluding ortho intramolecular Hbond substituents is 1. The minimum absolute atomic E-state index is 0.0885. The van der Waals surface area contributed by atoms with Gasteiger partial charge in [0.2, 0.25) is 0 Å². The SMILES string of the molecule is Oc1cc(-c2ccc3c(N4C[C@H]5CC[C@@H](C4)N5)nc(OCC4(CN5CCOCC5)CC4)nc3c2F)c2c3c(ccc2c1)CCC3. The van der Waals surface area contributed by atoms with Crippen LogP contribution in [0.5, 0.6) is 11.8 Å². The summed E-state index contributed by atoms with van der Waals surface area (Å²) in [6, 6.07) is 12.6. The zero-order chi connectivity index (χ0) is 30.1. The van der Waals surface area contributed by atoms with Crippen molar-refractivity contribution >= 4 is 27.5 Å². The summed E-state index contributed by atoms with van der Waals surface area (Å²) in [6.07, 6.45) is 7.59. The topological polar surface area (TPSA) is 83.0 Å². The van der Waals surface area contributed by atoms with E-state index in [1.54, 1.807) is 12.1 Å². The maximum absolute atomic E-state index is 17.0. The highest BCUT2D eigenvalue weighted by molar-refractivity contribution is 6.03. The van der Waals surface area contributed by atoms with Gasteiger partial charge in [-0.3, -0.25) is 4.90 Å². The number of aromatic nitrogens is 2. The molecule has 2 aliphatic carbocycles. The molecule has 4 heterocycles. The number of fused-ring (bicyclic) bond motifs is 6. The average molecular weight is 610 g/mol. The Morgan fingerprint density at radius 2 is 1.82 bits per heavy atom. The van der Waals surface area contributed by atoms with Crippen LogP contribution in [0.1, 0.15) is 43.2 Å². The summed E-state index contributed by atoms with van der Waals surface area (Å²) >= 11 is 0. The van der Waals surface area contributed by atoms with Crippen molar-refractivity contribution in [1.29, 1.82) is 0 Å². The predicted molar refractivity (Wildman–Crippen MR) is 173 cm³/mol. The van der Waals surface area contributed by atoms with E-state index < -0.39 is 5.82 Å². The standard InChI is InChI=1S/C36H40FN5O3/c37-32-28(30-17-26(43)16-23-5-4-22-2-1-3-27(22)31(23)30)8-9-29-33(32)39-35(40-34(29)42-18-24-6-7-25(19-42)38-24)45-21-36(10-11-36)20-41-12-14-44-15-13-41/h4-5,8-9,16-17,24-25,38,43H,1-3,6-7,10-15,18-21H2/t24-,25+. The number of nitrogens with zero attached hydrogens (tertiary/aromatic N) is 4. The van der Waals surface area contributed by atoms with Crippen LogP contribution in [0.15, 0.2) is 36.4 Å². The van der Waals surface area contributed by atoms with Gasteiger partial charge in [-0.05, 0) is 90.6 Å². The molecule has 4 fully saturated rings. The molecule has 2 N–H and O–H groups in total. The van der Waals surface area contributed by atoms with Crippen molar-refractivity contribution in [2.75, 3.05) is 57.4 Å². The molecule has 45 heavy (non-hydrogen) atoms. The highest BCUT2D eigenvalue weighted by atomic mass is 19.1. The minimum Gasteiger partial charge on any atom is -0.508 e. The summed E-state index contributed by atoms with van der Waals surface area (Å²) in [5.41, 5.74) is 4.11. The van der Waals surface area contributed by atoms with E-state index in [-0.39, 0.29) is 22.7 Å². The minimum atomic E-state index is -0.393. The number of nitrogens with one attached hydrogen (secondary N) is 1. The van der Waals surface area contributed by atoms with E-state index in [0.717, 1.165) is 107 Å². The van der Waals surface area contributed by atoms with Gasteiger partial charge in [0.25, 0.3) is 0 Å². The molecule has 0 spiro atoms. The summed E-state index contributed by atoms with van der Waals surface area (Å²) in [6.45, 7) is 6.61. The summed E-state index contributed by atoms with van der Waals surface area (Å²) in [7, 11) is 0. The zero-order valence-corrected chi connectivity index (χ0v) is 25.7. The summed E-state index contributed by atoms with van der Waals surface area (Å²) in [5, 5.41) is 17.1. The predicted octanol–water partition coefficient (Wildman–Crippen LogP) is 5.22. The lowest BCUT2D eigenvalue weighted by Gasteiger charge is -2.34. The molecule has 9 rings (SSSR count). The van der Waals surface area contributed by atoms with Crippen LogP contribution in [0.4, 0.5) is 10.2 Å². The Kier molecular flexibility index (Phi) is 6.65. The van der Waals surface area contributed by atoms with Gasteiger partial charge in [-0.15, -0.1) is 0 Å². The normalized spacial score (nSPS) is 24.0. The first-order valence-corrected chi connectivity index (χ1v) is 16.7. The van der Waals surface area contributed by atoms with Gasteiger partial charge in [-0.1, -0.05) is 18.2 Å². The number of hydrogen-bond acceptors (Lipinski definition) is 8. The molecule has 8 nitrogen and oxygen atoms in total.